The van der Waals surface area contributed by atoms with Crippen LogP contribution in [-0.2, 0) is 0 Å². The van der Waals surface area contributed by atoms with Crippen LogP contribution in [0.3, 0.4) is 0 Å². The fourth-order valence-electron chi connectivity index (χ4n) is 4.16. The van der Waals surface area contributed by atoms with E-state index in [9.17, 15) is 4.79 Å². The van der Waals surface area contributed by atoms with Crippen LogP contribution in [0.5, 0.6) is 0 Å². The smallest absolute Gasteiger partial charge is 0.280 e. The minimum absolute atomic E-state index is 0.0812. The summed E-state index contributed by atoms with van der Waals surface area (Å²) in [6.45, 7) is 0. The minimum atomic E-state index is -0.0812. The Bertz CT molecular complexity index is 1200. The van der Waals surface area contributed by atoms with Crippen molar-refractivity contribution in [2.24, 2.45) is 0 Å². The third-order valence-corrected chi connectivity index (χ3v) is 5.91. The van der Waals surface area contributed by atoms with Gasteiger partial charge in [0.1, 0.15) is 5.52 Å². The molecule has 142 valence electrons. The second-order valence-corrected chi connectivity index (χ2v) is 7.84. The van der Waals surface area contributed by atoms with Gasteiger partial charge in [0.05, 0.1) is 6.20 Å². The Morgan fingerprint density at radius 3 is 2.46 bits per heavy atom. The lowest BCUT2D eigenvalue weighted by molar-refractivity contribution is 0.433. The Morgan fingerprint density at radius 1 is 0.964 bits per heavy atom. The predicted octanol–water partition coefficient (Wildman–Crippen LogP) is 4.65. The minimum Gasteiger partial charge on any atom is -0.310 e. The SMILES string of the molecule is O=c1c2nnc3c(-c4ccc(Cl)cc4)cnn3c2ccn1C1CCCCCC1. The van der Waals surface area contributed by atoms with Crippen molar-refractivity contribution in [2.45, 2.75) is 44.6 Å². The Balaban J connectivity index is 1.64. The fraction of sp³-hybridized carbons (Fsp3) is 0.333. The summed E-state index contributed by atoms with van der Waals surface area (Å²) in [4.78, 5) is 13.1. The number of fused-ring (bicyclic) bond motifs is 3. The van der Waals surface area contributed by atoms with Crippen molar-refractivity contribution in [3.63, 3.8) is 0 Å². The Kier molecular flexibility index (Phi) is 4.36. The van der Waals surface area contributed by atoms with Crippen LogP contribution >= 0.6 is 11.6 Å². The molecule has 0 unspecified atom stereocenters. The van der Waals surface area contributed by atoms with Crippen LogP contribution in [0, 0.1) is 0 Å². The van der Waals surface area contributed by atoms with Crippen molar-refractivity contribution >= 4 is 28.3 Å². The summed E-state index contributed by atoms with van der Waals surface area (Å²) in [6, 6.07) is 9.70. The summed E-state index contributed by atoms with van der Waals surface area (Å²) >= 11 is 5.99. The van der Waals surface area contributed by atoms with Gasteiger partial charge in [-0.25, -0.2) is 4.52 Å². The molecule has 1 aliphatic rings. The van der Waals surface area contributed by atoms with Crippen molar-refractivity contribution in [1.29, 1.82) is 0 Å². The first-order valence-electron chi connectivity index (χ1n) is 9.73. The first-order valence-corrected chi connectivity index (χ1v) is 10.1. The highest BCUT2D eigenvalue weighted by Gasteiger charge is 2.19. The molecule has 0 spiro atoms. The number of aromatic nitrogens is 5. The number of rotatable bonds is 2. The quantitative estimate of drug-likeness (QED) is 0.465. The third-order valence-electron chi connectivity index (χ3n) is 5.66. The monoisotopic (exact) mass is 393 g/mol. The largest absolute Gasteiger partial charge is 0.310 e. The van der Waals surface area contributed by atoms with Crippen LogP contribution < -0.4 is 5.56 Å². The molecule has 3 heterocycles. The Morgan fingerprint density at radius 2 is 1.71 bits per heavy atom. The molecule has 0 bridgehead atoms. The number of hydrogen-bond acceptors (Lipinski definition) is 4. The zero-order chi connectivity index (χ0) is 19.1. The molecule has 7 heteroatoms. The molecule has 0 radical (unpaired) electrons. The van der Waals surface area contributed by atoms with E-state index in [0.29, 0.717) is 21.7 Å². The van der Waals surface area contributed by atoms with Crippen molar-refractivity contribution < 1.29 is 0 Å². The molecular weight excluding hydrogens is 374 g/mol. The van der Waals surface area contributed by atoms with E-state index in [0.717, 1.165) is 24.0 Å². The molecule has 1 saturated carbocycles. The molecule has 1 aliphatic carbocycles. The van der Waals surface area contributed by atoms with Crippen LogP contribution in [0.4, 0.5) is 0 Å². The summed E-state index contributed by atoms with van der Waals surface area (Å²) in [5.74, 6) is 0. The molecule has 0 atom stereocenters. The van der Waals surface area contributed by atoms with E-state index in [1.165, 1.54) is 25.7 Å². The lowest BCUT2D eigenvalue weighted by Gasteiger charge is -2.17. The summed E-state index contributed by atoms with van der Waals surface area (Å²) in [5, 5.41) is 13.8. The predicted molar refractivity (Wildman–Crippen MR) is 110 cm³/mol. The van der Waals surface area contributed by atoms with Crippen molar-refractivity contribution in [3.8, 4) is 11.1 Å². The van der Waals surface area contributed by atoms with E-state index < -0.39 is 0 Å². The standard InChI is InChI=1S/C21H20ClN5O/c22-15-9-7-14(8-10-15)17-13-23-27-18-11-12-26(16-5-3-1-2-4-6-16)21(28)19(18)24-25-20(17)27/h7-13,16H,1-6H2. The molecule has 1 aromatic carbocycles. The fourth-order valence-corrected chi connectivity index (χ4v) is 4.29. The van der Waals surface area contributed by atoms with Crippen LogP contribution in [0.1, 0.15) is 44.6 Å². The molecule has 0 N–H and O–H groups in total. The van der Waals surface area contributed by atoms with Crippen LogP contribution in [0.25, 0.3) is 27.8 Å². The van der Waals surface area contributed by atoms with Crippen molar-refractivity contribution in [1.82, 2.24) is 24.4 Å². The summed E-state index contributed by atoms with van der Waals surface area (Å²) in [5.41, 5.74) is 3.41. The van der Waals surface area contributed by atoms with Gasteiger partial charge >= 0.3 is 0 Å². The van der Waals surface area contributed by atoms with Gasteiger partial charge in [-0.3, -0.25) is 4.79 Å². The number of nitrogens with zero attached hydrogens (tertiary/aromatic N) is 5. The number of pyridine rings is 1. The zero-order valence-electron chi connectivity index (χ0n) is 15.4. The highest BCUT2D eigenvalue weighted by Crippen LogP contribution is 2.28. The summed E-state index contributed by atoms with van der Waals surface area (Å²) in [6.07, 6.45) is 10.6. The second-order valence-electron chi connectivity index (χ2n) is 7.41. The van der Waals surface area contributed by atoms with E-state index >= 15 is 0 Å². The first kappa shape index (κ1) is 17.4. The maximum absolute atomic E-state index is 13.1. The second kappa shape index (κ2) is 7.02. The number of hydrogen-bond donors (Lipinski definition) is 0. The normalized spacial score (nSPS) is 15.9. The van der Waals surface area contributed by atoms with Gasteiger partial charge in [0.2, 0.25) is 0 Å². The maximum atomic E-state index is 13.1. The average Bonchev–Trinajstić information content (AvgIpc) is 2.96. The Hall–Kier alpha value is -2.73. The molecule has 5 rings (SSSR count). The lowest BCUT2D eigenvalue weighted by atomic mass is 10.1. The topological polar surface area (TPSA) is 65.1 Å². The molecule has 1 fully saturated rings. The van der Waals surface area contributed by atoms with Gasteiger partial charge in [0.15, 0.2) is 11.2 Å². The maximum Gasteiger partial charge on any atom is 0.280 e. The van der Waals surface area contributed by atoms with Gasteiger partial charge in [-0.2, -0.15) is 5.10 Å². The zero-order valence-corrected chi connectivity index (χ0v) is 16.1. The van der Waals surface area contributed by atoms with Gasteiger partial charge in [-0.1, -0.05) is 49.4 Å². The summed E-state index contributed by atoms with van der Waals surface area (Å²) < 4.78 is 3.54. The lowest BCUT2D eigenvalue weighted by Crippen LogP contribution is -2.25. The molecule has 0 aliphatic heterocycles. The highest BCUT2D eigenvalue weighted by molar-refractivity contribution is 6.30. The van der Waals surface area contributed by atoms with Crippen LogP contribution in [-0.4, -0.2) is 24.4 Å². The molecule has 4 aromatic rings. The summed E-state index contributed by atoms with van der Waals surface area (Å²) in [7, 11) is 0. The first-order chi connectivity index (χ1) is 13.7. The van der Waals surface area contributed by atoms with Crippen molar-refractivity contribution in [3.05, 3.63) is 58.1 Å². The van der Waals surface area contributed by atoms with Gasteiger partial charge < -0.3 is 4.57 Å². The van der Waals surface area contributed by atoms with E-state index in [1.807, 2.05) is 41.1 Å². The molecule has 28 heavy (non-hydrogen) atoms. The molecule has 6 nitrogen and oxygen atoms in total. The van der Waals surface area contributed by atoms with E-state index in [4.69, 9.17) is 11.6 Å². The van der Waals surface area contributed by atoms with Gasteiger partial charge in [0.25, 0.3) is 5.56 Å². The van der Waals surface area contributed by atoms with Gasteiger partial charge in [0, 0.05) is 22.8 Å². The number of benzene rings is 1. The van der Waals surface area contributed by atoms with Crippen LogP contribution in [0.2, 0.25) is 5.02 Å². The van der Waals surface area contributed by atoms with Crippen LogP contribution in [0.15, 0.2) is 47.5 Å². The Labute approximate surface area is 166 Å². The molecule has 3 aromatic heterocycles. The number of halogens is 1. The van der Waals surface area contributed by atoms with E-state index in [1.54, 1.807) is 10.7 Å². The average molecular weight is 394 g/mol. The molecule has 0 saturated heterocycles. The highest BCUT2D eigenvalue weighted by atomic mass is 35.5. The van der Waals surface area contributed by atoms with Gasteiger partial charge in [-0.15, -0.1) is 10.2 Å². The molecule has 0 amide bonds. The molecular formula is C21H20ClN5O. The third kappa shape index (κ3) is 2.88. The van der Waals surface area contributed by atoms with E-state index in [2.05, 4.69) is 15.3 Å². The van der Waals surface area contributed by atoms with E-state index in [-0.39, 0.29) is 11.6 Å². The van der Waals surface area contributed by atoms with Crippen molar-refractivity contribution in [2.75, 3.05) is 0 Å². The van der Waals surface area contributed by atoms with Gasteiger partial charge in [-0.05, 0) is 36.6 Å².